The van der Waals surface area contributed by atoms with Gasteiger partial charge in [0, 0.05) is 5.69 Å². The quantitative estimate of drug-likeness (QED) is 0.561. The summed E-state index contributed by atoms with van der Waals surface area (Å²) >= 11 is 1.07. The molecule has 0 fully saturated rings. The molecular formula is C17H20N4O4S. The van der Waals surface area contributed by atoms with Crippen LogP contribution in [0, 0.1) is 12.8 Å². The molecule has 0 aliphatic carbocycles. The monoisotopic (exact) mass is 376 g/mol. The predicted molar refractivity (Wildman–Crippen MR) is 98.3 cm³/mol. The number of benzene rings is 1. The van der Waals surface area contributed by atoms with Crippen LogP contribution in [-0.2, 0) is 9.53 Å². The number of thioether (sulfide) groups is 1. The van der Waals surface area contributed by atoms with Crippen LogP contribution < -0.4 is 10.9 Å². The number of nitrogens with one attached hydrogen (secondary N) is 2. The first-order valence-electron chi connectivity index (χ1n) is 7.98. The molecule has 2 N–H and O–H groups in total. The van der Waals surface area contributed by atoms with Crippen molar-refractivity contribution in [2.75, 3.05) is 17.7 Å². The molecule has 0 bridgehead atoms. The van der Waals surface area contributed by atoms with Crippen LogP contribution >= 0.6 is 11.8 Å². The Morgan fingerprint density at radius 1 is 1.23 bits per heavy atom. The smallest absolute Gasteiger partial charge is 0.338 e. The van der Waals surface area contributed by atoms with E-state index in [1.54, 1.807) is 31.2 Å². The molecule has 26 heavy (non-hydrogen) atoms. The largest absolute Gasteiger partial charge is 0.462 e. The minimum Gasteiger partial charge on any atom is -0.462 e. The number of anilines is 1. The van der Waals surface area contributed by atoms with Crippen molar-refractivity contribution < 1.29 is 14.3 Å². The SMILES string of the molecule is Cc1nnc(SCC(=O)Nc2ccc(C(=O)OCC(C)C)cc2)[nH]c1=O. The molecule has 0 unspecified atom stereocenters. The number of ether oxygens (including phenoxy) is 1. The van der Waals surface area contributed by atoms with E-state index in [0.717, 1.165) is 11.8 Å². The molecule has 1 heterocycles. The van der Waals surface area contributed by atoms with Crippen molar-refractivity contribution in [2.24, 2.45) is 5.92 Å². The normalized spacial score (nSPS) is 10.6. The Kier molecular flexibility index (Phi) is 6.90. The van der Waals surface area contributed by atoms with E-state index in [-0.39, 0.29) is 34.0 Å². The molecule has 0 aliphatic heterocycles. The number of aromatic amines is 1. The fourth-order valence-corrected chi connectivity index (χ4v) is 2.39. The fourth-order valence-electron chi connectivity index (χ4n) is 1.79. The number of aryl methyl sites for hydroxylation is 1. The van der Waals surface area contributed by atoms with E-state index in [1.807, 2.05) is 13.8 Å². The number of hydrogen-bond acceptors (Lipinski definition) is 7. The second kappa shape index (κ2) is 9.14. The zero-order chi connectivity index (χ0) is 19.1. The second-order valence-corrected chi connectivity index (χ2v) is 6.92. The molecule has 0 radical (unpaired) electrons. The molecule has 1 aromatic heterocycles. The summed E-state index contributed by atoms with van der Waals surface area (Å²) in [6.07, 6.45) is 0. The van der Waals surface area contributed by atoms with Crippen molar-refractivity contribution in [2.45, 2.75) is 25.9 Å². The lowest BCUT2D eigenvalue weighted by molar-refractivity contribution is -0.113. The molecular weight excluding hydrogens is 356 g/mol. The van der Waals surface area contributed by atoms with Crippen molar-refractivity contribution in [3.63, 3.8) is 0 Å². The van der Waals surface area contributed by atoms with Crippen molar-refractivity contribution in [1.82, 2.24) is 15.2 Å². The van der Waals surface area contributed by atoms with E-state index in [2.05, 4.69) is 20.5 Å². The Morgan fingerprint density at radius 3 is 2.54 bits per heavy atom. The highest BCUT2D eigenvalue weighted by Gasteiger charge is 2.10. The van der Waals surface area contributed by atoms with Gasteiger partial charge in [0.1, 0.15) is 5.69 Å². The lowest BCUT2D eigenvalue weighted by Gasteiger charge is -2.08. The van der Waals surface area contributed by atoms with Gasteiger partial charge in [-0.3, -0.25) is 14.6 Å². The molecule has 8 nitrogen and oxygen atoms in total. The Bertz CT molecular complexity index is 833. The summed E-state index contributed by atoms with van der Waals surface area (Å²) in [4.78, 5) is 37.8. The minimum absolute atomic E-state index is 0.0614. The average Bonchev–Trinajstić information content (AvgIpc) is 2.61. The number of esters is 1. The van der Waals surface area contributed by atoms with Gasteiger partial charge in [-0.15, -0.1) is 10.2 Å². The number of amides is 1. The van der Waals surface area contributed by atoms with Crippen molar-refractivity contribution >= 4 is 29.3 Å². The van der Waals surface area contributed by atoms with E-state index < -0.39 is 5.97 Å². The van der Waals surface area contributed by atoms with Gasteiger partial charge in [-0.2, -0.15) is 0 Å². The van der Waals surface area contributed by atoms with Gasteiger partial charge >= 0.3 is 5.97 Å². The molecule has 138 valence electrons. The zero-order valence-corrected chi connectivity index (χ0v) is 15.6. The number of H-pyrrole nitrogens is 1. The highest BCUT2D eigenvalue weighted by molar-refractivity contribution is 7.99. The number of hydrogen-bond donors (Lipinski definition) is 2. The molecule has 2 rings (SSSR count). The number of nitrogens with zero attached hydrogens (tertiary/aromatic N) is 2. The topological polar surface area (TPSA) is 114 Å². The van der Waals surface area contributed by atoms with Gasteiger partial charge in [0.05, 0.1) is 17.9 Å². The molecule has 0 saturated carbocycles. The number of carbonyl (C=O) groups excluding carboxylic acids is 2. The Morgan fingerprint density at radius 2 is 1.92 bits per heavy atom. The van der Waals surface area contributed by atoms with Crippen LogP contribution in [0.25, 0.3) is 0 Å². The highest BCUT2D eigenvalue weighted by atomic mass is 32.2. The van der Waals surface area contributed by atoms with Crippen LogP contribution in [0.3, 0.4) is 0 Å². The summed E-state index contributed by atoms with van der Waals surface area (Å²) in [6, 6.07) is 6.44. The van der Waals surface area contributed by atoms with E-state index >= 15 is 0 Å². The van der Waals surface area contributed by atoms with Gasteiger partial charge in [0.25, 0.3) is 5.56 Å². The molecule has 1 aromatic carbocycles. The third kappa shape index (κ3) is 5.99. The van der Waals surface area contributed by atoms with Crippen LogP contribution in [0.4, 0.5) is 5.69 Å². The van der Waals surface area contributed by atoms with Crippen molar-refractivity contribution in [3.05, 3.63) is 45.9 Å². The van der Waals surface area contributed by atoms with Crippen LogP contribution in [0.15, 0.2) is 34.2 Å². The zero-order valence-electron chi connectivity index (χ0n) is 14.7. The van der Waals surface area contributed by atoms with Gasteiger partial charge in [-0.05, 0) is 37.1 Å². The molecule has 1 amide bonds. The maximum absolute atomic E-state index is 12.0. The van der Waals surface area contributed by atoms with Crippen LogP contribution in [0.1, 0.15) is 29.9 Å². The first-order valence-corrected chi connectivity index (χ1v) is 8.97. The van der Waals surface area contributed by atoms with E-state index in [1.165, 1.54) is 0 Å². The van der Waals surface area contributed by atoms with E-state index in [9.17, 15) is 14.4 Å². The van der Waals surface area contributed by atoms with Gasteiger partial charge in [-0.1, -0.05) is 25.6 Å². The Balaban J connectivity index is 1.85. The molecule has 0 spiro atoms. The first-order chi connectivity index (χ1) is 12.3. The van der Waals surface area contributed by atoms with Crippen molar-refractivity contribution in [3.8, 4) is 0 Å². The summed E-state index contributed by atoms with van der Waals surface area (Å²) in [5, 5.41) is 10.5. The molecule has 2 aromatic rings. The summed E-state index contributed by atoms with van der Waals surface area (Å²) in [5.41, 5.74) is 0.915. The number of aromatic nitrogens is 3. The van der Waals surface area contributed by atoms with Gasteiger partial charge in [-0.25, -0.2) is 4.79 Å². The predicted octanol–water partition coefficient (Wildman–Crippen LogP) is 2.02. The van der Waals surface area contributed by atoms with Gasteiger partial charge in [0.15, 0.2) is 5.16 Å². The van der Waals surface area contributed by atoms with Crippen LogP contribution in [0.2, 0.25) is 0 Å². The van der Waals surface area contributed by atoms with Crippen LogP contribution in [0.5, 0.6) is 0 Å². The standard InChI is InChI=1S/C17H20N4O4S/c1-10(2)8-25-16(24)12-4-6-13(7-5-12)18-14(22)9-26-17-19-15(23)11(3)20-21-17/h4-7,10H,8-9H2,1-3H3,(H,18,22)(H,19,21,23). The lowest BCUT2D eigenvalue weighted by atomic mass is 10.2. The lowest BCUT2D eigenvalue weighted by Crippen LogP contribution is -2.17. The van der Waals surface area contributed by atoms with Crippen molar-refractivity contribution in [1.29, 1.82) is 0 Å². The third-order valence-corrected chi connectivity index (χ3v) is 4.00. The molecule has 0 aliphatic rings. The molecule has 0 atom stereocenters. The van der Waals surface area contributed by atoms with Gasteiger partial charge in [0.2, 0.25) is 5.91 Å². The summed E-state index contributed by atoms with van der Waals surface area (Å²) in [6.45, 7) is 5.83. The summed E-state index contributed by atoms with van der Waals surface area (Å²) < 4.78 is 5.14. The summed E-state index contributed by atoms with van der Waals surface area (Å²) in [7, 11) is 0. The van der Waals surface area contributed by atoms with E-state index in [4.69, 9.17) is 4.74 Å². The van der Waals surface area contributed by atoms with Crippen LogP contribution in [-0.4, -0.2) is 39.4 Å². The Labute approximate surface area is 154 Å². The summed E-state index contributed by atoms with van der Waals surface area (Å²) in [5.74, 6) is -0.336. The fraction of sp³-hybridized carbons (Fsp3) is 0.353. The average molecular weight is 376 g/mol. The van der Waals surface area contributed by atoms with Gasteiger partial charge < -0.3 is 10.1 Å². The third-order valence-electron chi connectivity index (χ3n) is 3.13. The first kappa shape index (κ1) is 19.6. The maximum atomic E-state index is 12.0. The number of carbonyl (C=O) groups is 2. The Hall–Kier alpha value is -2.68. The highest BCUT2D eigenvalue weighted by Crippen LogP contribution is 2.14. The van der Waals surface area contributed by atoms with E-state index in [0.29, 0.717) is 17.9 Å². The minimum atomic E-state index is -0.394. The second-order valence-electron chi connectivity index (χ2n) is 5.95. The molecule has 9 heteroatoms. The maximum Gasteiger partial charge on any atom is 0.338 e. The molecule has 0 saturated heterocycles. The number of rotatable bonds is 7.